The fraction of sp³-hybridized carbons (Fsp3) is 0.643. The Morgan fingerprint density at radius 3 is 2.95 bits per heavy atom. The van der Waals surface area contributed by atoms with Gasteiger partial charge in [-0.15, -0.1) is 11.3 Å². The van der Waals surface area contributed by atoms with Crippen LogP contribution in [-0.2, 0) is 16.0 Å². The molecule has 1 aliphatic rings. The number of carboxylic acid groups (broad SMARTS) is 1. The molecule has 1 aliphatic heterocycles. The van der Waals surface area contributed by atoms with Crippen molar-refractivity contribution in [1.82, 2.24) is 9.88 Å². The number of rotatable bonds is 5. The standard InChI is InChI=1S/C14H20N2O4S/c1-3-4-11-15-9(2)13(21-11)14(19)16-5-6-20-10(8-16)7-12(17)18/h10H,3-8H2,1-2H3,(H,17,18). The quantitative estimate of drug-likeness (QED) is 0.895. The second kappa shape index (κ2) is 7.00. The van der Waals surface area contributed by atoms with E-state index in [-0.39, 0.29) is 12.3 Å². The highest BCUT2D eigenvalue weighted by Crippen LogP contribution is 2.22. The van der Waals surface area contributed by atoms with E-state index in [1.807, 2.05) is 6.92 Å². The van der Waals surface area contributed by atoms with Crippen molar-refractivity contribution < 1.29 is 19.4 Å². The van der Waals surface area contributed by atoms with Gasteiger partial charge in [-0.3, -0.25) is 9.59 Å². The van der Waals surface area contributed by atoms with Gasteiger partial charge in [-0.25, -0.2) is 4.98 Å². The van der Waals surface area contributed by atoms with Crippen LogP contribution < -0.4 is 0 Å². The zero-order chi connectivity index (χ0) is 15.4. The molecule has 0 spiro atoms. The van der Waals surface area contributed by atoms with Crippen LogP contribution in [0, 0.1) is 6.92 Å². The third-order valence-corrected chi connectivity index (χ3v) is 4.53. The lowest BCUT2D eigenvalue weighted by molar-refractivity contribution is -0.141. The Balaban J connectivity index is 2.06. The fourth-order valence-electron chi connectivity index (χ4n) is 2.34. The van der Waals surface area contributed by atoms with Crippen molar-refractivity contribution in [2.45, 2.75) is 39.2 Å². The van der Waals surface area contributed by atoms with E-state index in [1.165, 1.54) is 11.3 Å². The summed E-state index contributed by atoms with van der Waals surface area (Å²) >= 11 is 1.44. The number of amides is 1. The van der Waals surface area contributed by atoms with Gasteiger partial charge in [-0.05, 0) is 19.8 Å². The Bertz CT molecular complexity index is 529. The lowest BCUT2D eigenvalue weighted by Gasteiger charge is -2.32. The Morgan fingerprint density at radius 2 is 2.29 bits per heavy atom. The van der Waals surface area contributed by atoms with E-state index < -0.39 is 12.1 Å². The van der Waals surface area contributed by atoms with Gasteiger partial charge in [0.15, 0.2) is 0 Å². The van der Waals surface area contributed by atoms with E-state index in [2.05, 4.69) is 11.9 Å². The molecule has 1 aromatic heterocycles. The average molecular weight is 312 g/mol. The molecule has 6 nitrogen and oxygen atoms in total. The summed E-state index contributed by atoms with van der Waals surface area (Å²) in [6, 6.07) is 0. The Labute approximate surface area is 127 Å². The van der Waals surface area contributed by atoms with Crippen molar-refractivity contribution >= 4 is 23.2 Å². The van der Waals surface area contributed by atoms with Crippen LogP contribution in [-0.4, -0.2) is 52.7 Å². The number of aryl methyl sites for hydroxylation is 2. The second-order valence-electron chi connectivity index (χ2n) is 5.11. The molecule has 0 saturated carbocycles. The van der Waals surface area contributed by atoms with Gasteiger partial charge < -0.3 is 14.7 Å². The van der Waals surface area contributed by atoms with Crippen LogP contribution in [0.15, 0.2) is 0 Å². The molecule has 1 atom stereocenters. The molecule has 1 fully saturated rings. The molecule has 21 heavy (non-hydrogen) atoms. The highest BCUT2D eigenvalue weighted by atomic mass is 32.1. The summed E-state index contributed by atoms with van der Waals surface area (Å²) in [5.74, 6) is -0.973. The zero-order valence-corrected chi connectivity index (χ0v) is 13.1. The van der Waals surface area contributed by atoms with Crippen molar-refractivity contribution in [3.63, 3.8) is 0 Å². The summed E-state index contributed by atoms with van der Waals surface area (Å²) in [7, 11) is 0. The Morgan fingerprint density at radius 1 is 1.52 bits per heavy atom. The number of hydrogen-bond acceptors (Lipinski definition) is 5. The highest BCUT2D eigenvalue weighted by molar-refractivity contribution is 7.13. The summed E-state index contributed by atoms with van der Waals surface area (Å²) in [6.07, 6.45) is 1.37. The van der Waals surface area contributed by atoms with Gasteiger partial charge in [-0.2, -0.15) is 0 Å². The van der Waals surface area contributed by atoms with E-state index in [0.717, 1.165) is 23.5 Å². The number of thiazole rings is 1. The minimum Gasteiger partial charge on any atom is -0.481 e. The molecule has 0 radical (unpaired) electrons. The van der Waals surface area contributed by atoms with E-state index >= 15 is 0 Å². The lowest BCUT2D eigenvalue weighted by atomic mass is 10.2. The summed E-state index contributed by atoms with van der Waals surface area (Å²) in [5, 5.41) is 9.80. The van der Waals surface area contributed by atoms with Crippen molar-refractivity contribution in [3.8, 4) is 0 Å². The molecule has 1 amide bonds. The zero-order valence-electron chi connectivity index (χ0n) is 12.3. The first-order chi connectivity index (χ1) is 10.0. The first kappa shape index (κ1) is 15.9. The minimum absolute atomic E-state index is 0.0639. The number of carbonyl (C=O) groups excluding carboxylic acids is 1. The van der Waals surface area contributed by atoms with Crippen LogP contribution in [0.1, 0.15) is 40.1 Å². The predicted molar refractivity (Wildman–Crippen MR) is 78.7 cm³/mol. The summed E-state index contributed by atoms with van der Waals surface area (Å²) in [6.45, 7) is 5.12. The molecule has 1 saturated heterocycles. The smallest absolute Gasteiger partial charge is 0.306 e. The summed E-state index contributed by atoms with van der Waals surface area (Å²) in [4.78, 5) is 30.1. The number of carboxylic acids is 1. The first-order valence-electron chi connectivity index (χ1n) is 7.10. The molecule has 116 valence electrons. The SMILES string of the molecule is CCCc1nc(C)c(C(=O)N2CCOC(CC(=O)O)C2)s1. The van der Waals surface area contributed by atoms with E-state index in [9.17, 15) is 9.59 Å². The second-order valence-corrected chi connectivity index (χ2v) is 6.20. The van der Waals surface area contributed by atoms with E-state index in [4.69, 9.17) is 9.84 Å². The van der Waals surface area contributed by atoms with Crippen LogP contribution >= 0.6 is 11.3 Å². The molecular formula is C14H20N2O4S. The molecule has 1 N–H and O–H groups in total. The van der Waals surface area contributed by atoms with Crippen LogP contribution in [0.2, 0.25) is 0 Å². The van der Waals surface area contributed by atoms with Crippen LogP contribution in [0.3, 0.4) is 0 Å². The summed E-state index contributed by atoms with van der Waals surface area (Å²) in [5.41, 5.74) is 0.759. The fourth-order valence-corrected chi connectivity index (χ4v) is 3.47. The number of ether oxygens (including phenoxy) is 1. The van der Waals surface area contributed by atoms with Gasteiger partial charge in [0.1, 0.15) is 4.88 Å². The molecular weight excluding hydrogens is 292 g/mol. The molecule has 1 unspecified atom stereocenters. The normalized spacial score (nSPS) is 18.8. The third-order valence-electron chi connectivity index (χ3n) is 3.33. The minimum atomic E-state index is -0.909. The van der Waals surface area contributed by atoms with Gasteiger partial charge in [0.25, 0.3) is 5.91 Å². The van der Waals surface area contributed by atoms with Crippen molar-refractivity contribution in [1.29, 1.82) is 0 Å². The number of carbonyl (C=O) groups is 2. The van der Waals surface area contributed by atoms with Gasteiger partial charge in [0.05, 0.1) is 29.8 Å². The largest absolute Gasteiger partial charge is 0.481 e. The monoisotopic (exact) mass is 312 g/mol. The topological polar surface area (TPSA) is 79.7 Å². The van der Waals surface area contributed by atoms with E-state index in [0.29, 0.717) is 24.6 Å². The van der Waals surface area contributed by atoms with Crippen molar-refractivity contribution in [2.75, 3.05) is 19.7 Å². The van der Waals surface area contributed by atoms with Crippen LogP contribution in [0.4, 0.5) is 0 Å². The lowest BCUT2D eigenvalue weighted by Crippen LogP contribution is -2.46. The summed E-state index contributed by atoms with van der Waals surface area (Å²) < 4.78 is 5.39. The van der Waals surface area contributed by atoms with Crippen LogP contribution in [0.5, 0.6) is 0 Å². The molecule has 0 aromatic carbocycles. The average Bonchev–Trinajstić information content (AvgIpc) is 2.79. The molecule has 0 aliphatic carbocycles. The maximum Gasteiger partial charge on any atom is 0.306 e. The maximum absolute atomic E-state index is 12.6. The molecule has 1 aromatic rings. The van der Waals surface area contributed by atoms with E-state index in [1.54, 1.807) is 4.90 Å². The Kier molecular flexibility index (Phi) is 5.30. The van der Waals surface area contributed by atoms with Gasteiger partial charge in [0, 0.05) is 13.1 Å². The van der Waals surface area contributed by atoms with Gasteiger partial charge in [0.2, 0.25) is 0 Å². The molecule has 2 rings (SSSR count). The van der Waals surface area contributed by atoms with Crippen molar-refractivity contribution in [3.05, 3.63) is 15.6 Å². The first-order valence-corrected chi connectivity index (χ1v) is 7.91. The number of morpholine rings is 1. The molecule has 7 heteroatoms. The van der Waals surface area contributed by atoms with Gasteiger partial charge >= 0.3 is 5.97 Å². The third kappa shape index (κ3) is 4.01. The maximum atomic E-state index is 12.6. The highest BCUT2D eigenvalue weighted by Gasteiger charge is 2.28. The number of hydrogen-bond donors (Lipinski definition) is 1. The van der Waals surface area contributed by atoms with Crippen LogP contribution in [0.25, 0.3) is 0 Å². The Hall–Kier alpha value is -1.47. The molecule has 2 heterocycles. The number of aliphatic carboxylic acids is 1. The molecule has 0 bridgehead atoms. The number of nitrogens with zero attached hydrogens (tertiary/aromatic N) is 2. The predicted octanol–water partition coefficient (Wildman–Crippen LogP) is 1.72. The van der Waals surface area contributed by atoms with Crippen molar-refractivity contribution in [2.24, 2.45) is 0 Å². The number of aromatic nitrogens is 1. The van der Waals surface area contributed by atoms with Gasteiger partial charge in [-0.1, -0.05) is 6.92 Å².